The number of fused-ring (bicyclic) bond motifs is 1. The van der Waals surface area contributed by atoms with Gasteiger partial charge in [0.15, 0.2) is 0 Å². The van der Waals surface area contributed by atoms with Crippen molar-refractivity contribution in [3.63, 3.8) is 0 Å². The third-order valence-corrected chi connectivity index (χ3v) is 4.22. The number of aromatic nitrogens is 4. The predicted molar refractivity (Wildman–Crippen MR) is 96.7 cm³/mol. The lowest BCUT2D eigenvalue weighted by atomic mass is 10.1. The van der Waals surface area contributed by atoms with E-state index in [4.69, 9.17) is 4.74 Å². The summed E-state index contributed by atoms with van der Waals surface area (Å²) in [5, 5.41) is 15.5. The first-order valence-corrected chi connectivity index (χ1v) is 8.33. The number of rotatable bonds is 3. The van der Waals surface area contributed by atoms with Gasteiger partial charge in [-0.1, -0.05) is 0 Å². The van der Waals surface area contributed by atoms with Crippen LogP contribution in [0.25, 0.3) is 22.2 Å². The van der Waals surface area contributed by atoms with Gasteiger partial charge in [0.05, 0.1) is 11.8 Å². The van der Waals surface area contributed by atoms with Crippen molar-refractivity contribution in [2.24, 2.45) is 7.05 Å². The number of aliphatic hydroxyl groups is 1. The van der Waals surface area contributed by atoms with Crippen LogP contribution in [0.5, 0.6) is 0 Å². The molecule has 0 spiro atoms. The Morgan fingerprint density at radius 2 is 1.96 bits per heavy atom. The van der Waals surface area contributed by atoms with E-state index in [9.17, 15) is 5.11 Å². The molecule has 1 unspecified atom stereocenters. The fourth-order valence-electron chi connectivity index (χ4n) is 2.36. The Morgan fingerprint density at radius 1 is 1.22 bits per heavy atom. The summed E-state index contributed by atoms with van der Waals surface area (Å²) in [4.78, 5) is 4.52. The second-order valence-corrected chi connectivity index (χ2v) is 7.60. The van der Waals surface area contributed by atoms with E-state index in [1.165, 1.54) is 0 Å². The number of ether oxygens (including phenoxy) is 1. The van der Waals surface area contributed by atoms with E-state index in [2.05, 4.69) is 38.7 Å². The Hall–Kier alpha value is -1.45. The fourth-order valence-corrected chi connectivity index (χ4v) is 3.06. The van der Waals surface area contributed by atoms with Gasteiger partial charge in [0.1, 0.15) is 5.65 Å². The first-order chi connectivity index (χ1) is 10.7. The van der Waals surface area contributed by atoms with Crippen LogP contribution >= 0.6 is 22.6 Å². The average molecular weight is 426 g/mol. The minimum Gasteiger partial charge on any atom is -0.351 e. The average Bonchev–Trinajstić information content (AvgIpc) is 3.01. The van der Waals surface area contributed by atoms with Gasteiger partial charge in [-0.15, -0.1) is 0 Å². The number of aliphatic hydroxyl groups excluding tert-OH is 1. The fraction of sp³-hybridized carbons (Fsp3) is 0.375. The highest BCUT2D eigenvalue weighted by molar-refractivity contribution is 14.1. The molecule has 0 aliphatic carbocycles. The van der Waals surface area contributed by atoms with Gasteiger partial charge in [-0.25, -0.2) is 4.98 Å². The van der Waals surface area contributed by atoms with Gasteiger partial charge in [0.2, 0.25) is 6.41 Å². The van der Waals surface area contributed by atoms with E-state index in [0.717, 1.165) is 20.1 Å². The number of hydrogen-bond acceptors (Lipinski definition) is 4. The zero-order valence-corrected chi connectivity index (χ0v) is 15.6. The predicted octanol–water partition coefficient (Wildman–Crippen LogP) is 3.30. The number of hydrogen-bond donors (Lipinski definition) is 1. The Kier molecular flexibility index (Phi) is 4.19. The monoisotopic (exact) mass is 426 g/mol. The normalized spacial score (nSPS) is 13.7. The van der Waals surface area contributed by atoms with E-state index >= 15 is 0 Å². The molecule has 0 aliphatic rings. The highest BCUT2D eigenvalue weighted by atomic mass is 127. The molecule has 0 bridgehead atoms. The van der Waals surface area contributed by atoms with E-state index in [-0.39, 0.29) is 0 Å². The van der Waals surface area contributed by atoms with Crippen LogP contribution in [0.3, 0.4) is 0 Å². The van der Waals surface area contributed by atoms with Crippen LogP contribution < -0.4 is 0 Å². The van der Waals surface area contributed by atoms with Crippen molar-refractivity contribution < 1.29 is 9.84 Å². The van der Waals surface area contributed by atoms with Crippen LogP contribution in [0.15, 0.2) is 30.9 Å². The minimum atomic E-state index is -1.07. The summed E-state index contributed by atoms with van der Waals surface area (Å²) in [7, 11) is 1.88. The molecule has 0 saturated heterocycles. The van der Waals surface area contributed by atoms with Gasteiger partial charge in [0, 0.05) is 45.7 Å². The summed E-state index contributed by atoms with van der Waals surface area (Å²) in [6.45, 7) is 5.71. The molecule has 3 aromatic rings. The van der Waals surface area contributed by atoms with Crippen molar-refractivity contribution in [2.45, 2.75) is 32.8 Å². The lowest BCUT2D eigenvalue weighted by molar-refractivity contribution is -0.208. The Bertz CT molecular complexity index is 847. The quantitative estimate of drug-likeness (QED) is 0.516. The molecule has 0 aromatic carbocycles. The molecular formula is C16H19IN4O2. The molecule has 0 amide bonds. The van der Waals surface area contributed by atoms with Crippen LogP contribution in [0.4, 0.5) is 0 Å². The van der Waals surface area contributed by atoms with Crippen molar-refractivity contribution in [3.8, 4) is 11.1 Å². The van der Waals surface area contributed by atoms with Crippen molar-refractivity contribution in [1.82, 2.24) is 19.3 Å². The van der Waals surface area contributed by atoms with Gasteiger partial charge in [-0.05, 0) is 49.4 Å². The van der Waals surface area contributed by atoms with E-state index in [1.807, 2.05) is 46.4 Å². The molecule has 122 valence electrons. The van der Waals surface area contributed by atoms with E-state index < -0.39 is 12.0 Å². The smallest absolute Gasteiger partial charge is 0.243 e. The minimum absolute atomic E-state index is 0.447. The summed E-state index contributed by atoms with van der Waals surface area (Å²) in [6, 6.07) is 2.06. The standard InChI is InChI=1S/C16H19IN4O2/c1-16(2,3)23-15(22)21-9-13(17)12-5-10(6-18-14(12)21)11-7-19-20(4)8-11/h5-9,15,22H,1-4H3. The van der Waals surface area contributed by atoms with Crippen LogP contribution in [-0.2, 0) is 11.8 Å². The molecule has 0 fully saturated rings. The van der Waals surface area contributed by atoms with Gasteiger partial charge >= 0.3 is 0 Å². The molecule has 7 heteroatoms. The number of pyridine rings is 1. The number of halogens is 1. The van der Waals surface area contributed by atoms with E-state index in [0.29, 0.717) is 5.65 Å². The number of aryl methyl sites for hydroxylation is 1. The second-order valence-electron chi connectivity index (χ2n) is 6.44. The van der Waals surface area contributed by atoms with Crippen LogP contribution in [0.2, 0.25) is 0 Å². The second kappa shape index (κ2) is 5.88. The van der Waals surface area contributed by atoms with Crippen LogP contribution in [0.1, 0.15) is 27.2 Å². The lowest BCUT2D eigenvalue weighted by Crippen LogP contribution is -2.25. The Labute approximate surface area is 148 Å². The largest absolute Gasteiger partial charge is 0.351 e. The van der Waals surface area contributed by atoms with Crippen LogP contribution in [-0.4, -0.2) is 30.0 Å². The molecule has 0 radical (unpaired) electrons. The van der Waals surface area contributed by atoms with Crippen LogP contribution in [0, 0.1) is 3.57 Å². The van der Waals surface area contributed by atoms with Crippen molar-refractivity contribution in [2.75, 3.05) is 0 Å². The zero-order chi connectivity index (χ0) is 16.8. The molecule has 6 nitrogen and oxygen atoms in total. The highest BCUT2D eigenvalue weighted by Gasteiger charge is 2.21. The number of nitrogens with zero attached hydrogens (tertiary/aromatic N) is 4. The van der Waals surface area contributed by atoms with E-state index in [1.54, 1.807) is 15.4 Å². The highest BCUT2D eigenvalue weighted by Crippen LogP contribution is 2.29. The molecule has 0 aliphatic heterocycles. The van der Waals surface area contributed by atoms with Crippen molar-refractivity contribution >= 4 is 33.6 Å². The molecule has 1 N–H and O–H groups in total. The molecule has 3 rings (SSSR count). The third-order valence-electron chi connectivity index (χ3n) is 3.36. The lowest BCUT2D eigenvalue weighted by Gasteiger charge is -2.24. The zero-order valence-electron chi connectivity index (χ0n) is 13.5. The molecule has 3 heterocycles. The maximum Gasteiger partial charge on any atom is 0.243 e. The summed E-state index contributed by atoms with van der Waals surface area (Å²) in [5.41, 5.74) is 2.25. The maximum atomic E-state index is 10.3. The van der Waals surface area contributed by atoms with Gasteiger partial charge < -0.3 is 9.84 Å². The van der Waals surface area contributed by atoms with Gasteiger partial charge in [-0.3, -0.25) is 9.25 Å². The molecule has 23 heavy (non-hydrogen) atoms. The van der Waals surface area contributed by atoms with Crippen molar-refractivity contribution in [3.05, 3.63) is 34.4 Å². The summed E-state index contributed by atoms with van der Waals surface area (Å²) >= 11 is 2.24. The summed E-state index contributed by atoms with van der Waals surface area (Å²) < 4.78 is 10.0. The first kappa shape index (κ1) is 16.4. The topological polar surface area (TPSA) is 65.1 Å². The van der Waals surface area contributed by atoms with Crippen molar-refractivity contribution in [1.29, 1.82) is 0 Å². The van der Waals surface area contributed by atoms with Gasteiger partial charge in [-0.2, -0.15) is 5.10 Å². The maximum absolute atomic E-state index is 10.3. The molecular weight excluding hydrogens is 407 g/mol. The molecule has 0 saturated carbocycles. The Balaban J connectivity index is 2.03. The van der Waals surface area contributed by atoms with Gasteiger partial charge in [0.25, 0.3) is 0 Å². The SMILES string of the molecule is Cn1cc(-c2cnc3c(c2)c(I)cn3C(O)OC(C)(C)C)cn1. The molecule has 3 aromatic heterocycles. The molecule has 1 atom stereocenters. The summed E-state index contributed by atoms with van der Waals surface area (Å²) in [6.07, 6.45) is 6.32. The first-order valence-electron chi connectivity index (χ1n) is 7.25. The summed E-state index contributed by atoms with van der Waals surface area (Å²) in [5.74, 6) is 0. The Morgan fingerprint density at radius 3 is 2.57 bits per heavy atom. The third kappa shape index (κ3) is 3.41.